The fourth-order valence-electron chi connectivity index (χ4n) is 5.19. The van der Waals surface area contributed by atoms with E-state index < -0.39 is 12.0 Å². The highest BCUT2D eigenvalue weighted by molar-refractivity contribution is 5.91. The highest BCUT2D eigenvalue weighted by atomic mass is 16.5. The van der Waals surface area contributed by atoms with Crippen molar-refractivity contribution in [2.75, 3.05) is 6.61 Å². The third kappa shape index (κ3) is 4.89. The smallest absolute Gasteiger partial charge is 0.356 e. The molecule has 1 N–H and O–H groups in total. The van der Waals surface area contributed by atoms with E-state index >= 15 is 0 Å². The molecular weight excluding hydrogens is 506 g/mol. The fourth-order valence-corrected chi connectivity index (χ4v) is 5.19. The van der Waals surface area contributed by atoms with Crippen molar-refractivity contribution in [1.29, 1.82) is 0 Å². The van der Waals surface area contributed by atoms with Gasteiger partial charge in [-0.05, 0) is 73.4 Å². The second kappa shape index (κ2) is 11.0. The number of carboxylic acids is 1. The number of hydrogen-bond donors (Lipinski definition) is 1. The van der Waals surface area contributed by atoms with Crippen LogP contribution in [0.3, 0.4) is 0 Å². The topological polar surface area (TPSA) is 112 Å². The molecule has 5 aromatic rings. The molecule has 0 saturated carbocycles. The maximum absolute atomic E-state index is 12.4. The van der Waals surface area contributed by atoms with Gasteiger partial charge in [0.1, 0.15) is 30.5 Å². The molecule has 0 saturated heterocycles. The Hall–Kier alpha value is -5.05. The Bertz CT molecular complexity index is 1650. The number of aryl methyl sites for hydroxylation is 1. The van der Waals surface area contributed by atoms with Gasteiger partial charge in [0.25, 0.3) is 0 Å². The summed E-state index contributed by atoms with van der Waals surface area (Å²) in [6, 6.07) is 18.9. The lowest BCUT2D eigenvalue weighted by Crippen LogP contribution is -2.18. The summed E-state index contributed by atoms with van der Waals surface area (Å²) in [6.07, 6.45) is 7.89. The Morgan fingerprint density at radius 3 is 2.62 bits per heavy atom. The minimum absolute atomic E-state index is 0.0620. The normalized spacial score (nSPS) is 12.7. The summed E-state index contributed by atoms with van der Waals surface area (Å²) < 4.78 is 13.6. The van der Waals surface area contributed by atoms with Crippen LogP contribution in [-0.4, -0.2) is 42.4 Å². The molecule has 0 amide bonds. The van der Waals surface area contributed by atoms with Crippen LogP contribution in [0.15, 0.2) is 85.6 Å². The van der Waals surface area contributed by atoms with Gasteiger partial charge in [0.15, 0.2) is 5.69 Å². The summed E-state index contributed by atoms with van der Waals surface area (Å²) in [4.78, 5) is 25.1. The molecule has 0 radical (unpaired) electrons. The molecule has 1 unspecified atom stereocenters. The van der Waals surface area contributed by atoms with Crippen molar-refractivity contribution >= 4 is 5.97 Å². The number of rotatable bonds is 9. The van der Waals surface area contributed by atoms with Crippen molar-refractivity contribution in [3.8, 4) is 22.8 Å². The predicted octanol–water partition coefficient (Wildman–Crippen LogP) is 5.15. The zero-order chi connectivity index (χ0) is 27.5. The van der Waals surface area contributed by atoms with Gasteiger partial charge in [0.2, 0.25) is 0 Å². The summed E-state index contributed by atoms with van der Waals surface area (Å²) in [5.41, 5.74) is 6.07. The third-order valence-corrected chi connectivity index (χ3v) is 6.90. The molecule has 1 aliphatic rings. The molecule has 2 aromatic carbocycles. The number of nitrogens with zero attached hydrogens (tertiary/aromatic N) is 5. The van der Waals surface area contributed by atoms with Gasteiger partial charge in [-0.2, -0.15) is 5.10 Å². The van der Waals surface area contributed by atoms with E-state index in [0.717, 1.165) is 50.7 Å². The Labute approximate surface area is 231 Å². The number of carboxylic acid groups (broad SMARTS) is 1. The lowest BCUT2D eigenvalue weighted by atomic mass is 9.88. The summed E-state index contributed by atoms with van der Waals surface area (Å²) in [5, 5.41) is 14.8. The van der Waals surface area contributed by atoms with E-state index in [1.165, 1.54) is 6.33 Å². The standard InChI is InChI=1S/C31H27N5O4/c1-2-39-23-7-5-6-22(15-23)29(27-8-3-4-13-34-27)36-30-25-12-10-24(40-18-20-16-32-19-33-17-20)14-21(25)9-11-26(30)28(35-36)31(37)38/h3-8,10,12-17,19,29H,2,9,11,18H2,1H3,(H,37,38). The van der Waals surface area contributed by atoms with Gasteiger partial charge in [0.05, 0.1) is 18.0 Å². The number of fused-ring (bicyclic) bond motifs is 3. The first-order valence-electron chi connectivity index (χ1n) is 13.1. The Balaban J connectivity index is 1.47. The predicted molar refractivity (Wildman–Crippen MR) is 147 cm³/mol. The van der Waals surface area contributed by atoms with Crippen molar-refractivity contribution in [1.82, 2.24) is 24.7 Å². The third-order valence-electron chi connectivity index (χ3n) is 6.90. The van der Waals surface area contributed by atoms with Gasteiger partial charge < -0.3 is 14.6 Å². The fraction of sp³-hybridized carbons (Fsp3) is 0.194. The maximum atomic E-state index is 12.4. The van der Waals surface area contributed by atoms with Crippen LogP contribution in [0.5, 0.6) is 11.5 Å². The highest BCUT2D eigenvalue weighted by Gasteiger charge is 2.33. The zero-order valence-corrected chi connectivity index (χ0v) is 21.9. The second-order valence-electron chi connectivity index (χ2n) is 9.44. The van der Waals surface area contributed by atoms with E-state index in [1.807, 2.05) is 72.3 Å². The van der Waals surface area contributed by atoms with Gasteiger partial charge in [-0.1, -0.05) is 18.2 Å². The van der Waals surface area contributed by atoms with Crippen LogP contribution in [0.1, 0.15) is 51.4 Å². The van der Waals surface area contributed by atoms with Gasteiger partial charge in [-0.15, -0.1) is 0 Å². The van der Waals surface area contributed by atoms with E-state index in [4.69, 9.17) is 14.6 Å². The quantitative estimate of drug-likeness (QED) is 0.277. The van der Waals surface area contributed by atoms with E-state index in [-0.39, 0.29) is 5.69 Å². The molecule has 9 nitrogen and oxygen atoms in total. The molecular formula is C31H27N5O4. The van der Waals surface area contributed by atoms with Crippen molar-refractivity contribution in [2.45, 2.75) is 32.4 Å². The summed E-state index contributed by atoms with van der Waals surface area (Å²) in [6.45, 7) is 2.82. The van der Waals surface area contributed by atoms with Crippen molar-refractivity contribution in [2.24, 2.45) is 0 Å². The molecule has 0 bridgehead atoms. The van der Waals surface area contributed by atoms with Crippen LogP contribution < -0.4 is 9.47 Å². The molecule has 200 valence electrons. The van der Waals surface area contributed by atoms with Crippen LogP contribution in [0.25, 0.3) is 11.3 Å². The Morgan fingerprint density at radius 2 is 1.85 bits per heavy atom. The monoisotopic (exact) mass is 533 g/mol. The molecule has 0 fully saturated rings. The SMILES string of the molecule is CCOc1cccc(C(c2ccccn2)n2nc(C(=O)O)c3c2-c2ccc(OCc4cncnc4)cc2CC3)c1. The van der Waals surface area contributed by atoms with Crippen molar-refractivity contribution < 1.29 is 19.4 Å². The molecule has 3 heterocycles. The summed E-state index contributed by atoms with van der Waals surface area (Å²) in [5.74, 6) is 0.402. The number of aromatic carboxylic acids is 1. The lowest BCUT2D eigenvalue weighted by Gasteiger charge is -2.24. The maximum Gasteiger partial charge on any atom is 0.356 e. The number of carbonyl (C=O) groups is 1. The first-order chi connectivity index (χ1) is 19.6. The van der Waals surface area contributed by atoms with Crippen LogP contribution in [0.4, 0.5) is 0 Å². The van der Waals surface area contributed by atoms with E-state index in [0.29, 0.717) is 26.1 Å². The number of hydrogen-bond acceptors (Lipinski definition) is 7. The van der Waals surface area contributed by atoms with Crippen molar-refractivity contribution in [3.05, 3.63) is 119 Å². The minimum Gasteiger partial charge on any atom is -0.494 e. The minimum atomic E-state index is -1.05. The van der Waals surface area contributed by atoms with E-state index in [2.05, 4.69) is 15.0 Å². The molecule has 0 spiro atoms. The molecule has 1 aliphatic carbocycles. The first-order valence-corrected chi connectivity index (χ1v) is 13.1. The molecule has 0 aliphatic heterocycles. The Kier molecular flexibility index (Phi) is 6.93. The lowest BCUT2D eigenvalue weighted by molar-refractivity contribution is 0.0688. The number of aromatic nitrogens is 5. The van der Waals surface area contributed by atoms with Gasteiger partial charge in [-0.3, -0.25) is 9.67 Å². The van der Waals surface area contributed by atoms with Gasteiger partial charge in [-0.25, -0.2) is 14.8 Å². The largest absolute Gasteiger partial charge is 0.494 e. The average Bonchev–Trinajstić information content (AvgIpc) is 3.38. The second-order valence-corrected chi connectivity index (χ2v) is 9.44. The van der Waals surface area contributed by atoms with Crippen LogP contribution >= 0.6 is 0 Å². The van der Waals surface area contributed by atoms with Crippen LogP contribution in [0.2, 0.25) is 0 Å². The number of benzene rings is 2. The first kappa shape index (κ1) is 25.2. The number of ether oxygens (including phenoxy) is 2. The zero-order valence-electron chi connectivity index (χ0n) is 21.9. The molecule has 9 heteroatoms. The van der Waals surface area contributed by atoms with E-state index in [1.54, 1.807) is 18.6 Å². The Morgan fingerprint density at radius 1 is 1.00 bits per heavy atom. The van der Waals surface area contributed by atoms with Crippen LogP contribution in [0, 0.1) is 0 Å². The molecule has 3 aromatic heterocycles. The summed E-state index contributed by atoms with van der Waals surface area (Å²) >= 11 is 0. The van der Waals surface area contributed by atoms with Crippen LogP contribution in [-0.2, 0) is 19.4 Å². The van der Waals surface area contributed by atoms with E-state index in [9.17, 15) is 9.90 Å². The highest BCUT2D eigenvalue weighted by Crippen LogP contribution is 2.41. The summed E-state index contributed by atoms with van der Waals surface area (Å²) in [7, 11) is 0. The average molecular weight is 534 g/mol. The van der Waals surface area contributed by atoms with Gasteiger partial charge >= 0.3 is 5.97 Å². The number of pyridine rings is 1. The van der Waals surface area contributed by atoms with Gasteiger partial charge in [0, 0.05) is 35.3 Å². The molecule has 1 atom stereocenters. The molecule has 6 rings (SSSR count). The molecule has 40 heavy (non-hydrogen) atoms. The van der Waals surface area contributed by atoms with Crippen molar-refractivity contribution in [3.63, 3.8) is 0 Å².